The lowest BCUT2D eigenvalue weighted by atomic mass is 10.0. The molecule has 4 rings (SSSR count). The molecule has 1 saturated heterocycles. The zero-order valence-corrected chi connectivity index (χ0v) is 17.8. The molecule has 0 saturated carbocycles. The van der Waals surface area contributed by atoms with Crippen molar-refractivity contribution in [3.8, 4) is 11.3 Å². The topological polar surface area (TPSA) is 93.9 Å². The summed E-state index contributed by atoms with van der Waals surface area (Å²) in [6.45, 7) is 4.44. The fraction of sp³-hybridized carbons (Fsp3) is 0.318. The highest BCUT2D eigenvalue weighted by molar-refractivity contribution is 7.91. The molecular formula is C22H24N4O3S. The summed E-state index contributed by atoms with van der Waals surface area (Å²) in [5.74, 6) is -0.102. The van der Waals surface area contributed by atoms with E-state index in [1.165, 1.54) is 5.56 Å². The molecule has 156 valence electrons. The number of sulfone groups is 1. The third kappa shape index (κ3) is 4.28. The Morgan fingerprint density at radius 3 is 2.57 bits per heavy atom. The van der Waals surface area contributed by atoms with Crippen LogP contribution in [0.15, 0.2) is 48.8 Å². The van der Waals surface area contributed by atoms with Gasteiger partial charge in [-0.3, -0.25) is 14.5 Å². The standard InChI is InChI=1S/C22H24N4O3S/c1-15-3-4-18(11-16(15)2)21-12-20(22(27)24-13-17-5-8-23-9-6-17)25-26(21)19-7-10-30(28,29)14-19/h3-6,8-9,11-12,19H,7,10,13-14H2,1-2H3,(H,24,27)/t19-/m0/s1. The molecule has 0 bridgehead atoms. The van der Waals surface area contributed by atoms with Crippen LogP contribution in [0.25, 0.3) is 11.3 Å². The number of aryl methyl sites for hydroxylation is 2. The zero-order valence-electron chi connectivity index (χ0n) is 17.0. The highest BCUT2D eigenvalue weighted by atomic mass is 32.2. The summed E-state index contributed by atoms with van der Waals surface area (Å²) in [6.07, 6.45) is 3.85. The molecule has 0 radical (unpaired) electrons. The average molecular weight is 425 g/mol. The Hall–Kier alpha value is -3.00. The molecule has 8 heteroatoms. The van der Waals surface area contributed by atoms with Crippen molar-refractivity contribution in [2.75, 3.05) is 11.5 Å². The molecule has 1 atom stereocenters. The predicted molar refractivity (Wildman–Crippen MR) is 115 cm³/mol. The van der Waals surface area contributed by atoms with E-state index >= 15 is 0 Å². The van der Waals surface area contributed by atoms with Crippen LogP contribution in [0.5, 0.6) is 0 Å². The molecular weight excluding hydrogens is 400 g/mol. The van der Waals surface area contributed by atoms with E-state index in [-0.39, 0.29) is 29.1 Å². The second-order valence-electron chi connectivity index (χ2n) is 7.75. The van der Waals surface area contributed by atoms with Crippen molar-refractivity contribution in [3.63, 3.8) is 0 Å². The quantitative estimate of drug-likeness (QED) is 0.680. The van der Waals surface area contributed by atoms with E-state index in [0.717, 1.165) is 22.4 Å². The SMILES string of the molecule is Cc1ccc(-c2cc(C(=O)NCc3ccncc3)nn2[C@H]2CCS(=O)(=O)C2)cc1C. The van der Waals surface area contributed by atoms with Crippen molar-refractivity contribution in [2.24, 2.45) is 0 Å². The summed E-state index contributed by atoms with van der Waals surface area (Å²) in [7, 11) is -3.08. The number of aromatic nitrogens is 3. The van der Waals surface area contributed by atoms with Gasteiger partial charge in [-0.15, -0.1) is 0 Å². The Bertz CT molecular complexity index is 1190. The van der Waals surface area contributed by atoms with Gasteiger partial charge >= 0.3 is 0 Å². The number of carbonyl (C=O) groups is 1. The van der Waals surface area contributed by atoms with Crippen molar-refractivity contribution >= 4 is 15.7 Å². The van der Waals surface area contributed by atoms with Crippen molar-refractivity contribution in [3.05, 3.63) is 71.2 Å². The molecule has 1 aromatic carbocycles. The molecule has 0 aliphatic carbocycles. The molecule has 3 heterocycles. The Kier molecular flexibility index (Phi) is 5.42. The van der Waals surface area contributed by atoms with Gasteiger partial charge in [-0.25, -0.2) is 8.42 Å². The van der Waals surface area contributed by atoms with Crippen molar-refractivity contribution < 1.29 is 13.2 Å². The third-order valence-electron chi connectivity index (χ3n) is 5.53. The van der Waals surface area contributed by atoms with Gasteiger partial charge in [0.2, 0.25) is 0 Å². The smallest absolute Gasteiger partial charge is 0.272 e. The first-order valence-electron chi connectivity index (χ1n) is 9.87. The van der Waals surface area contributed by atoms with E-state index in [0.29, 0.717) is 13.0 Å². The van der Waals surface area contributed by atoms with E-state index in [9.17, 15) is 13.2 Å². The van der Waals surface area contributed by atoms with Crippen LogP contribution >= 0.6 is 0 Å². The van der Waals surface area contributed by atoms with E-state index in [2.05, 4.69) is 15.4 Å². The second-order valence-corrected chi connectivity index (χ2v) is 9.98. The lowest BCUT2D eigenvalue weighted by Crippen LogP contribution is -2.24. The number of rotatable bonds is 5. The van der Waals surface area contributed by atoms with Gasteiger partial charge in [0, 0.05) is 24.5 Å². The van der Waals surface area contributed by atoms with Crippen LogP contribution in [0.1, 0.15) is 39.6 Å². The van der Waals surface area contributed by atoms with Gasteiger partial charge in [-0.05, 0) is 61.2 Å². The van der Waals surface area contributed by atoms with Crippen LogP contribution in [0.3, 0.4) is 0 Å². The highest BCUT2D eigenvalue weighted by Crippen LogP contribution is 2.31. The third-order valence-corrected chi connectivity index (χ3v) is 7.28. The molecule has 30 heavy (non-hydrogen) atoms. The van der Waals surface area contributed by atoms with Crippen LogP contribution in [0.2, 0.25) is 0 Å². The van der Waals surface area contributed by atoms with Crippen molar-refractivity contribution in [1.29, 1.82) is 0 Å². The first-order chi connectivity index (χ1) is 14.3. The number of benzene rings is 1. The number of carbonyl (C=O) groups excluding carboxylic acids is 1. The minimum Gasteiger partial charge on any atom is -0.347 e. The molecule has 1 aliphatic rings. The lowest BCUT2D eigenvalue weighted by molar-refractivity contribution is 0.0945. The Morgan fingerprint density at radius 2 is 1.90 bits per heavy atom. The van der Waals surface area contributed by atoms with E-state index < -0.39 is 9.84 Å². The van der Waals surface area contributed by atoms with Gasteiger partial charge < -0.3 is 5.32 Å². The van der Waals surface area contributed by atoms with E-state index in [1.54, 1.807) is 23.1 Å². The number of pyridine rings is 1. The summed E-state index contributed by atoms with van der Waals surface area (Å²) < 4.78 is 25.8. The minimum atomic E-state index is -3.08. The minimum absolute atomic E-state index is 0.0462. The van der Waals surface area contributed by atoms with Gasteiger partial charge in [0.05, 0.1) is 23.2 Å². The average Bonchev–Trinajstić information content (AvgIpc) is 3.32. The van der Waals surface area contributed by atoms with Crippen LogP contribution < -0.4 is 5.32 Å². The number of nitrogens with zero attached hydrogens (tertiary/aromatic N) is 3. The molecule has 1 fully saturated rings. The molecule has 0 unspecified atom stereocenters. The molecule has 3 aromatic rings. The van der Waals surface area contributed by atoms with Crippen molar-refractivity contribution in [1.82, 2.24) is 20.1 Å². The summed E-state index contributed by atoms with van der Waals surface area (Å²) in [4.78, 5) is 16.7. The van der Waals surface area contributed by atoms with Crippen LogP contribution in [0, 0.1) is 13.8 Å². The Morgan fingerprint density at radius 1 is 1.13 bits per heavy atom. The maximum absolute atomic E-state index is 12.8. The number of hydrogen-bond acceptors (Lipinski definition) is 5. The molecule has 1 N–H and O–H groups in total. The Balaban J connectivity index is 1.66. The van der Waals surface area contributed by atoms with Gasteiger partial charge in [0.1, 0.15) is 0 Å². The fourth-order valence-electron chi connectivity index (χ4n) is 3.64. The Labute approximate surface area is 176 Å². The summed E-state index contributed by atoms with van der Waals surface area (Å²) >= 11 is 0. The van der Waals surface area contributed by atoms with Crippen LogP contribution in [0.4, 0.5) is 0 Å². The van der Waals surface area contributed by atoms with Crippen LogP contribution in [-0.2, 0) is 16.4 Å². The normalized spacial score (nSPS) is 17.7. The largest absolute Gasteiger partial charge is 0.347 e. The van der Waals surface area contributed by atoms with Gasteiger partial charge in [0.15, 0.2) is 15.5 Å². The van der Waals surface area contributed by atoms with E-state index in [1.807, 2.05) is 44.2 Å². The maximum Gasteiger partial charge on any atom is 0.272 e. The molecule has 1 aliphatic heterocycles. The first kappa shape index (κ1) is 20.3. The summed E-state index contributed by atoms with van der Waals surface area (Å²) in [5.41, 5.74) is 5.19. The zero-order chi connectivity index (χ0) is 21.3. The first-order valence-corrected chi connectivity index (χ1v) is 11.7. The van der Waals surface area contributed by atoms with Gasteiger partial charge in [-0.1, -0.05) is 12.1 Å². The van der Waals surface area contributed by atoms with Gasteiger partial charge in [0.25, 0.3) is 5.91 Å². The second kappa shape index (κ2) is 8.02. The summed E-state index contributed by atoms with van der Waals surface area (Å²) in [5, 5.41) is 7.40. The highest BCUT2D eigenvalue weighted by Gasteiger charge is 2.32. The lowest BCUT2D eigenvalue weighted by Gasteiger charge is -2.14. The van der Waals surface area contributed by atoms with Gasteiger partial charge in [-0.2, -0.15) is 5.10 Å². The molecule has 1 amide bonds. The van der Waals surface area contributed by atoms with Crippen molar-refractivity contribution in [2.45, 2.75) is 32.9 Å². The molecule has 7 nitrogen and oxygen atoms in total. The summed E-state index contributed by atoms with van der Waals surface area (Å²) in [6, 6.07) is 11.2. The monoisotopic (exact) mass is 424 g/mol. The number of nitrogens with one attached hydrogen (secondary N) is 1. The molecule has 0 spiro atoms. The predicted octanol–water partition coefficient (Wildman–Crippen LogP) is 2.85. The number of amides is 1. The van der Waals surface area contributed by atoms with Crippen LogP contribution in [-0.4, -0.2) is 40.6 Å². The van der Waals surface area contributed by atoms with E-state index in [4.69, 9.17) is 0 Å². The molecule has 2 aromatic heterocycles. The number of hydrogen-bond donors (Lipinski definition) is 1. The fourth-order valence-corrected chi connectivity index (χ4v) is 5.33. The maximum atomic E-state index is 12.8.